The van der Waals surface area contributed by atoms with Crippen molar-refractivity contribution in [3.8, 4) is 11.3 Å². The van der Waals surface area contributed by atoms with Gasteiger partial charge in [0.1, 0.15) is 11.6 Å². The summed E-state index contributed by atoms with van der Waals surface area (Å²) in [4.78, 5) is 12.6. The second-order valence-electron chi connectivity index (χ2n) is 11.9. The highest BCUT2D eigenvalue weighted by atomic mass is 32.2. The zero-order chi connectivity index (χ0) is 29.8. The van der Waals surface area contributed by atoms with E-state index in [1.807, 2.05) is 48.2 Å². The average Bonchev–Trinajstić information content (AvgIpc) is 3.02. The minimum Gasteiger partial charge on any atom is -0.293 e. The number of sulfonamides is 1. The number of anilines is 1. The van der Waals surface area contributed by atoms with E-state index in [4.69, 9.17) is 9.98 Å². The lowest BCUT2D eigenvalue weighted by atomic mass is 9.93. The van der Waals surface area contributed by atoms with Crippen molar-refractivity contribution in [1.29, 1.82) is 0 Å². The van der Waals surface area contributed by atoms with E-state index < -0.39 is 10.0 Å². The average molecular weight is 599 g/mol. The quantitative estimate of drug-likeness (QED) is 0.180. The highest BCUT2D eigenvalue weighted by Gasteiger charge is 2.32. The minimum absolute atomic E-state index is 0.0106. The van der Waals surface area contributed by atoms with Crippen molar-refractivity contribution in [3.63, 3.8) is 0 Å². The minimum atomic E-state index is -3.95. The van der Waals surface area contributed by atoms with Crippen molar-refractivity contribution >= 4 is 32.6 Å². The molecule has 0 unspecified atom stereocenters. The zero-order valence-electron chi connectivity index (χ0n) is 24.7. The normalized spacial score (nSPS) is 17.2. The number of benzene rings is 3. The third-order valence-electron chi connectivity index (χ3n) is 8.68. The Labute approximate surface area is 254 Å². The van der Waals surface area contributed by atoms with E-state index in [0.29, 0.717) is 22.9 Å². The monoisotopic (exact) mass is 598 g/mol. The number of halogens is 1. The molecule has 43 heavy (non-hydrogen) atoms. The van der Waals surface area contributed by atoms with Crippen LogP contribution in [0, 0.1) is 12.7 Å². The van der Waals surface area contributed by atoms with Gasteiger partial charge in [-0.05, 0) is 74.4 Å². The molecule has 0 bridgehead atoms. The molecule has 4 aromatic rings. The van der Waals surface area contributed by atoms with Crippen LogP contribution >= 0.6 is 0 Å². The Hall–Kier alpha value is -3.78. The molecule has 2 saturated carbocycles. The number of hydrogen-bond acceptors (Lipinski definition) is 4. The van der Waals surface area contributed by atoms with Crippen molar-refractivity contribution in [2.45, 2.75) is 88.1 Å². The standard InChI is InChI=1S/C35H39FN4O2S/c1-25-17-20-31(21-18-25)43(41,42)39-35(37-29-13-7-3-8-14-29)40(30-15-9-4-10-16-30)34-32-22-19-28(36)23-27(32)24-33(38-34)26-11-5-2-6-12-26/h2,5-6,11-12,17-24,29-30H,3-4,7-10,13-16H2,1H3,(H,37,39). The fourth-order valence-corrected chi connectivity index (χ4v) is 7.36. The summed E-state index contributed by atoms with van der Waals surface area (Å²) in [6.07, 6.45) is 10.1. The van der Waals surface area contributed by atoms with Crippen molar-refractivity contribution in [2.24, 2.45) is 4.99 Å². The topological polar surface area (TPSA) is 74.7 Å². The van der Waals surface area contributed by atoms with Crippen LogP contribution in [0.3, 0.4) is 0 Å². The molecule has 3 aromatic carbocycles. The van der Waals surface area contributed by atoms with Crippen LogP contribution in [0.4, 0.5) is 10.2 Å². The predicted molar refractivity (Wildman–Crippen MR) is 172 cm³/mol. The van der Waals surface area contributed by atoms with Gasteiger partial charge in [0.25, 0.3) is 10.0 Å². The summed E-state index contributed by atoms with van der Waals surface area (Å²) in [5.41, 5.74) is 2.59. The van der Waals surface area contributed by atoms with E-state index in [-0.39, 0.29) is 22.8 Å². The number of rotatable bonds is 6. The molecular formula is C35H39FN4O2S. The van der Waals surface area contributed by atoms with Crippen LogP contribution in [-0.4, -0.2) is 31.4 Å². The zero-order valence-corrected chi connectivity index (χ0v) is 25.5. The van der Waals surface area contributed by atoms with Crippen LogP contribution in [0.25, 0.3) is 22.0 Å². The second-order valence-corrected chi connectivity index (χ2v) is 13.6. The first kappa shape index (κ1) is 29.3. The van der Waals surface area contributed by atoms with Crippen LogP contribution in [0.5, 0.6) is 0 Å². The summed E-state index contributed by atoms with van der Waals surface area (Å²) in [6.45, 7) is 1.93. The third-order valence-corrected chi connectivity index (χ3v) is 10.0. The molecule has 0 aliphatic heterocycles. The molecule has 1 aromatic heterocycles. The van der Waals surface area contributed by atoms with E-state index in [9.17, 15) is 12.8 Å². The maximum Gasteiger partial charge on any atom is 0.264 e. The number of aromatic nitrogens is 1. The molecule has 1 N–H and O–H groups in total. The second kappa shape index (κ2) is 12.8. The molecule has 1 heterocycles. The first-order chi connectivity index (χ1) is 20.9. The summed E-state index contributed by atoms with van der Waals surface area (Å²) in [7, 11) is -3.95. The summed E-state index contributed by atoms with van der Waals surface area (Å²) < 4.78 is 45.4. The van der Waals surface area contributed by atoms with Crippen LogP contribution in [0.2, 0.25) is 0 Å². The molecule has 0 spiro atoms. The summed E-state index contributed by atoms with van der Waals surface area (Å²) in [5, 5.41) is 1.47. The lowest BCUT2D eigenvalue weighted by Crippen LogP contribution is -2.51. The van der Waals surface area contributed by atoms with Crippen LogP contribution in [0.1, 0.15) is 69.8 Å². The van der Waals surface area contributed by atoms with Crippen molar-refractivity contribution in [3.05, 3.63) is 90.2 Å². The van der Waals surface area contributed by atoms with E-state index in [2.05, 4.69) is 4.72 Å². The number of fused-ring (bicyclic) bond motifs is 1. The van der Waals surface area contributed by atoms with Gasteiger partial charge in [0.2, 0.25) is 5.96 Å². The highest BCUT2D eigenvalue weighted by molar-refractivity contribution is 7.90. The van der Waals surface area contributed by atoms with Gasteiger partial charge in [-0.25, -0.2) is 27.5 Å². The lowest BCUT2D eigenvalue weighted by Gasteiger charge is -2.37. The summed E-state index contributed by atoms with van der Waals surface area (Å²) >= 11 is 0. The predicted octanol–water partition coefficient (Wildman–Crippen LogP) is 8.16. The van der Waals surface area contributed by atoms with Gasteiger partial charge >= 0.3 is 0 Å². The number of nitrogens with zero attached hydrogens (tertiary/aromatic N) is 3. The van der Waals surface area contributed by atoms with Gasteiger partial charge in [-0.3, -0.25) is 4.90 Å². The number of aliphatic imine (C=N–C) groups is 1. The fourth-order valence-electron chi connectivity index (χ4n) is 6.35. The van der Waals surface area contributed by atoms with Crippen LogP contribution in [0.15, 0.2) is 88.8 Å². The van der Waals surface area contributed by atoms with Gasteiger partial charge in [0, 0.05) is 17.0 Å². The molecule has 2 aliphatic rings. The molecule has 2 fully saturated rings. The maximum atomic E-state index is 14.6. The third kappa shape index (κ3) is 6.74. The Bertz CT molecular complexity index is 1700. The molecule has 0 amide bonds. The van der Waals surface area contributed by atoms with E-state index >= 15 is 0 Å². The first-order valence-electron chi connectivity index (χ1n) is 15.5. The number of aryl methyl sites for hydroxylation is 1. The van der Waals surface area contributed by atoms with Crippen LogP contribution in [-0.2, 0) is 10.0 Å². The Morgan fingerprint density at radius 1 is 0.860 bits per heavy atom. The molecule has 8 heteroatoms. The molecular weight excluding hydrogens is 559 g/mol. The van der Waals surface area contributed by atoms with E-state index in [1.165, 1.54) is 18.6 Å². The summed E-state index contributed by atoms with van der Waals surface area (Å²) in [6, 6.07) is 23.3. The largest absolute Gasteiger partial charge is 0.293 e. The lowest BCUT2D eigenvalue weighted by molar-refractivity contribution is 0.428. The number of guanidine groups is 1. The van der Waals surface area contributed by atoms with Crippen molar-refractivity contribution in [1.82, 2.24) is 9.71 Å². The van der Waals surface area contributed by atoms with Crippen molar-refractivity contribution in [2.75, 3.05) is 4.90 Å². The van der Waals surface area contributed by atoms with Crippen LogP contribution < -0.4 is 9.62 Å². The Morgan fingerprint density at radius 2 is 1.53 bits per heavy atom. The molecule has 0 radical (unpaired) electrons. The van der Waals surface area contributed by atoms with Gasteiger partial charge in [0.05, 0.1) is 16.6 Å². The van der Waals surface area contributed by atoms with Gasteiger partial charge in [0.15, 0.2) is 0 Å². The van der Waals surface area contributed by atoms with Gasteiger partial charge in [-0.1, -0.05) is 86.6 Å². The molecule has 2 aliphatic carbocycles. The molecule has 0 saturated heterocycles. The maximum absolute atomic E-state index is 14.6. The van der Waals surface area contributed by atoms with E-state index in [1.54, 1.807) is 30.3 Å². The Kier molecular flexibility index (Phi) is 8.75. The number of hydrogen-bond donors (Lipinski definition) is 1. The molecule has 6 rings (SSSR count). The number of pyridine rings is 1. The van der Waals surface area contributed by atoms with Crippen molar-refractivity contribution < 1.29 is 12.8 Å². The van der Waals surface area contributed by atoms with E-state index in [0.717, 1.165) is 74.3 Å². The Morgan fingerprint density at radius 3 is 2.23 bits per heavy atom. The molecule has 224 valence electrons. The van der Waals surface area contributed by atoms with Gasteiger partial charge in [-0.15, -0.1) is 0 Å². The smallest absolute Gasteiger partial charge is 0.264 e. The Balaban J connectivity index is 1.55. The van der Waals surface area contributed by atoms with Gasteiger partial charge < -0.3 is 0 Å². The SMILES string of the molecule is Cc1ccc(S(=O)(=O)NC(=NC2CCCCC2)N(c2nc(-c3ccccc3)cc3cc(F)ccc23)C2CCCCC2)cc1. The highest BCUT2D eigenvalue weighted by Crippen LogP contribution is 2.35. The summed E-state index contributed by atoms with van der Waals surface area (Å²) in [5.74, 6) is 0.580. The first-order valence-corrected chi connectivity index (χ1v) is 17.0. The van der Waals surface area contributed by atoms with Gasteiger partial charge in [-0.2, -0.15) is 0 Å². The molecule has 0 atom stereocenters. The molecule has 6 nitrogen and oxygen atoms in total. The number of nitrogens with one attached hydrogen (secondary N) is 1. The fraction of sp³-hybridized carbons (Fsp3) is 0.371.